The average molecular weight is 517 g/mol. The number of benzene rings is 2. The number of hydrogen-bond acceptors (Lipinski definition) is 5. The summed E-state index contributed by atoms with van der Waals surface area (Å²) in [4.78, 5) is 21.0. The van der Waals surface area contributed by atoms with Crippen LogP contribution in [0.25, 0.3) is 21.5 Å². The van der Waals surface area contributed by atoms with E-state index in [9.17, 15) is 18.0 Å². The standard InChI is InChI=1S/C27H27F3N2O3S/c1-16-22(32-25(36-16)17-5-7-19(8-6-17)27(28,29)30)11-12-34-20-9-10-21-18(15-31-23(21)14-20)13-24(33)35-26(2,3)4/h5-10,14-15,31H,11-13H2,1-4H3. The van der Waals surface area contributed by atoms with E-state index in [4.69, 9.17) is 9.47 Å². The van der Waals surface area contributed by atoms with Crippen molar-refractivity contribution in [3.05, 3.63) is 70.4 Å². The zero-order chi connectivity index (χ0) is 26.1. The molecule has 0 radical (unpaired) electrons. The minimum atomic E-state index is -4.36. The third-order valence-corrected chi connectivity index (χ3v) is 6.52. The number of nitrogens with zero attached hydrogens (tertiary/aromatic N) is 1. The molecule has 2 aromatic heterocycles. The maximum atomic E-state index is 12.8. The molecule has 0 amide bonds. The number of esters is 1. The molecule has 2 aromatic carbocycles. The third kappa shape index (κ3) is 6.26. The van der Waals surface area contributed by atoms with Gasteiger partial charge in [-0.2, -0.15) is 13.2 Å². The molecule has 5 nitrogen and oxygen atoms in total. The van der Waals surface area contributed by atoms with Crippen molar-refractivity contribution in [3.8, 4) is 16.3 Å². The fourth-order valence-corrected chi connectivity index (χ4v) is 4.75. The van der Waals surface area contributed by atoms with Gasteiger partial charge in [0, 0.05) is 40.0 Å². The van der Waals surface area contributed by atoms with Gasteiger partial charge < -0.3 is 14.5 Å². The molecular formula is C27H27F3N2O3S. The summed E-state index contributed by atoms with van der Waals surface area (Å²) >= 11 is 1.45. The van der Waals surface area contributed by atoms with Crippen LogP contribution in [0.5, 0.6) is 5.75 Å². The fourth-order valence-electron chi connectivity index (χ4n) is 3.79. The molecule has 0 atom stereocenters. The van der Waals surface area contributed by atoms with Crippen molar-refractivity contribution in [2.75, 3.05) is 6.61 Å². The van der Waals surface area contributed by atoms with E-state index in [0.29, 0.717) is 29.3 Å². The Balaban J connectivity index is 1.37. The number of fused-ring (bicyclic) bond motifs is 1. The summed E-state index contributed by atoms with van der Waals surface area (Å²) in [6.07, 6.45) is -1.81. The molecule has 0 aliphatic carbocycles. The number of hydrogen-bond donors (Lipinski definition) is 1. The largest absolute Gasteiger partial charge is 0.493 e. The lowest BCUT2D eigenvalue weighted by Crippen LogP contribution is -2.24. The van der Waals surface area contributed by atoms with Crippen LogP contribution in [0.15, 0.2) is 48.7 Å². The predicted molar refractivity (Wildman–Crippen MR) is 134 cm³/mol. The van der Waals surface area contributed by atoms with Gasteiger partial charge in [-0.25, -0.2) is 4.98 Å². The normalized spacial score (nSPS) is 12.2. The minimum Gasteiger partial charge on any atom is -0.493 e. The Morgan fingerprint density at radius 3 is 2.47 bits per heavy atom. The monoisotopic (exact) mass is 516 g/mol. The van der Waals surface area contributed by atoms with Crippen LogP contribution >= 0.6 is 11.3 Å². The molecule has 0 bridgehead atoms. The van der Waals surface area contributed by atoms with Gasteiger partial charge >= 0.3 is 12.1 Å². The maximum absolute atomic E-state index is 12.8. The Bertz CT molecular complexity index is 1370. The van der Waals surface area contributed by atoms with E-state index in [-0.39, 0.29) is 12.4 Å². The molecule has 0 fully saturated rings. The molecule has 4 rings (SSSR count). The molecule has 0 unspecified atom stereocenters. The molecule has 0 aliphatic rings. The average Bonchev–Trinajstić information content (AvgIpc) is 3.35. The molecule has 36 heavy (non-hydrogen) atoms. The van der Waals surface area contributed by atoms with Gasteiger partial charge in [0.1, 0.15) is 16.4 Å². The zero-order valence-electron chi connectivity index (χ0n) is 20.5. The first-order valence-electron chi connectivity index (χ1n) is 11.5. The summed E-state index contributed by atoms with van der Waals surface area (Å²) < 4.78 is 49.8. The molecule has 9 heteroatoms. The number of carbonyl (C=O) groups is 1. The SMILES string of the molecule is Cc1sc(-c2ccc(C(F)(F)F)cc2)nc1CCOc1ccc2c(CC(=O)OC(C)(C)C)c[nH]c2c1. The minimum absolute atomic E-state index is 0.182. The summed E-state index contributed by atoms with van der Waals surface area (Å²) in [6, 6.07) is 10.7. The lowest BCUT2D eigenvalue weighted by molar-refractivity contribution is -0.153. The van der Waals surface area contributed by atoms with Crippen molar-refractivity contribution in [3.63, 3.8) is 0 Å². The van der Waals surface area contributed by atoms with E-state index in [2.05, 4.69) is 9.97 Å². The van der Waals surface area contributed by atoms with Crippen molar-refractivity contribution in [1.29, 1.82) is 0 Å². The van der Waals surface area contributed by atoms with Crippen LogP contribution in [0.1, 0.15) is 42.5 Å². The summed E-state index contributed by atoms with van der Waals surface area (Å²) in [5.74, 6) is 0.405. The first-order valence-corrected chi connectivity index (χ1v) is 12.3. The molecule has 4 aromatic rings. The number of ether oxygens (including phenoxy) is 2. The number of thiazole rings is 1. The van der Waals surface area contributed by atoms with E-state index in [0.717, 1.165) is 39.2 Å². The van der Waals surface area contributed by atoms with Crippen molar-refractivity contribution in [1.82, 2.24) is 9.97 Å². The van der Waals surface area contributed by atoms with Crippen LogP contribution in [0, 0.1) is 6.92 Å². The van der Waals surface area contributed by atoms with Crippen LogP contribution in [-0.2, 0) is 28.5 Å². The predicted octanol–water partition coefficient (Wildman–Crippen LogP) is 7.12. The Morgan fingerprint density at radius 1 is 1.08 bits per heavy atom. The Hall–Kier alpha value is -3.33. The van der Waals surface area contributed by atoms with Gasteiger partial charge in [-0.3, -0.25) is 4.79 Å². The quantitative estimate of drug-likeness (QED) is 0.266. The highest BCUT2D eigenvalue weighted by molar-refractivity contribution is 7.15. The fraction of sp³-hybridized carbons (Fsp3) is 0.333. The Labute approximate surface area is 211 Å². The van der Waals surface area contributed by atoms with Gasteiger partial charge in [-0.1, -0.05) is 12.1 Å². The van der Waals surface area contributed by atoms with E-state index in [1.165, 1.54) is 23.5 Å². The first-order chi connectivity index (χ1) is 16.9. The molecule has 2 heterocycles. The van der Waals surface area contributed by atoms with E-state index in [1.807, 2.05) is 45.9 Å². The molecule has 0 spiro atoms. The molecule has 1 N–H and O–H groups in total. The number of carbonyl (C=O) groups excluding carboxylic acids is 1. The number of nitrogens with one attached hydrogen (secondary N) is 1. The van der Waals surface area contributed by atoms with Crippen molar-refractivity contribution in [2.45, 2.75) is 52.3 Å². The van der Waals surface area contributed by atoms with Gasteiger partial charge in [0.25, 0.3) is 0 Å². The number of alkyl halides is 3. The molecular weight excluding hydrogens is 489 g/mol. The highest BCUT2D eigenvalue weighted by atomic mass is 32.1. The van der Waals surface area contributed by atoms with Crippen LogP contribution in [0.4, 0.5) is 13.2 Å². The Morgan fingerprint density at radius 2 is 1.81 bits per heavy atom. The van der Waals surface area contributed by atoms with Crippen LogP contribution < -0.4 is 4.74 Å². The van der Waals surface area contributed by atoms with Crippen LogP contribution in [0.3, 0.4) is 0 Å². The second kappa shape index (κ2) is 9.97. The zero-order valence-corrected chi connectivity index (χ0v) is 21.3. The van der Waals surface area contributed by atoms with Gasteiger partial charge in [-0.05, 0) is 57.5 Å². The molecule has 0 saturated carbocycles. The molecule has 0 aliphatic heterocycles. The smallest absolute Gasteiger partial charge is 0.416 e. The van der Waals surface area contributed by atoms with Gasteiger partial charge in [0.15, 0.2) is 0 Å². The lowest BCUT2D eigenvalue weighted by Gasteiger charge is -2.19. The highest BCUT2D eigenvalue weighted by Crippen LogP contribution is 2.33. The molecule has 0 saturated heterocycles. The molecule has 190 valence electrons. The summed E-state index contributed by atoms with van der Waals surface area (Å²) in [5, 5.41) is 1.62. The topological polar surface area (TPSA) is 64.2 Å². The number of rotatable bonds is 7. The number of aromatic nitrogens is 2. The highest BCUT2D eigenvalue weighted by Gasteiger charge is 2.30. The first kappa shape index (κ1) is 25.8. The van der Waals surface area contributed by atoms with Crippen molar-refractivity contribution in [2.24, 2.45) is 0 Å². The maximum Gasteiger partial charge on any atom is 0.416 e. The van der Waals surface area contributed by atoms with Crippen molar-refractivity contribution >= 4 is 28.2 Å². The summed E-state index contributed by atoms with van der Waals surface area (Å²) in [7, 11) is 0. The van der Waals surface area contributed by atoms with E-state index in [1.54, 1.807) is 6.20 Å². The Kier molecular flexibility index (Phi) is 7.13. The lowest BCUT2D eigenvalue weighted by atomic mass is 10.1. The van der Waals surface area contributed by atoms with Crippen LogP contribution in [-0.4, -0.2) is 28.1 Å². The number of halogens is 3. The van der Waals surface area contributed by atoms with Crippen LogP contribution in [0.2, 0.25) is 0 Å². The number of H-pyrrole nitrogens is 1. The summed E-state index contributed by atoms with van der Waals surface area (Å²) in [5.41, 5.74) is 2.03. The van der Waals surface area contributed by atoms with Crippen molar-refractivity contribution < 1.29 is 27.4 Å². The third-order valence-electron chi connectivity index (χ3n) is 5.45. The summed E-state index contributed by atoms with van der Waals surface area (Å²) in [6.45, 7) is 7.86. The van der Waals surface area contributed by atoms with E-state index >= 15 is 0 Å². The second-order valence-corrected chi connectivity index (χ2v) is 10.7. The van der Waals surface area contributed by atoms with Gasteiger partial charge in [0.2, 0.25) is 0 Å². The van der Waals surface area contributed by atoms with Gasteiger partial charge in [-0.15, -0.1) is 11.3 Å². The number of aromatic amines is 1. The van der Waals surface area contributed by atoms with E-state index < -0.39 is 17.3 Å². The second-order valence-electron chi connectivity index (χ2n) is 9.48. The number of aryl methyl sites for hydroxylation is 1. The van der Waals surface area contributed by atoms with Gasteiger partial charge in [0.05, 0.1) is 24.3 Å².